The van der Waals surface area contributed by atoms with Gasteiger partial charge in [0.25, 0.3) is 5.91 Å². The van der Waals surface area contributed by atoms with Gasteiger partial charge in [-0.05, 0) is 36.4 Å². The van der Waals surface area contributed by atoms with Crippen LogP contribution in [0.5, 0.6) is 5.75 Å². The summed E-state index contributed by atoms with van der Waals surface area (Å²) in [5.74, 6) is -5.15. The number of rotatable bonds is 5. The van der Waals surface area contributed by atoms with E-state index in [1.165, 1.54) is 12.1 Å². The van der Waals surface area contributed by atoms with E-state index in [9.17, 15) is 35.2 Å². The zero-order valence-electron chi connectivity index (χ0n) is 12.6. The highest BCUT2D eigenvalue weighted by Crippen LogP contribution is 2.30. The number of ether oxygens (including phenoxy) is 1. The predicted molar refractivity (Wildman–Crippen MR) is 80.7 cm³/mol. The van der Waals surface area contributed by atoms with Crippen LogP contribution < -0.4 is 10.1 Å². The maximum Gasteiger partial charge on any atom is 0.573 e. The Hall–Kier alpha value is -2.69. The van der Waals surface area contributed by atoms with Gasteiger partial charge in [-0.3, -0.25) is 4.79 Å². The highest BCUT2D eigenvalue weighted by molar-refractivity contribution is 7.91. The molecule has 0 saturated heterocycles. The molecule has 0 aromatic heterocycles. The van der Waals surface area contributed by atoms with Crippen molar-refractivity contribution in [2.45, 2.75) is 17.0 Å². The summed E-state index contributed by atoms with van der Waals surface area (Å²) in [7, 11) is -4.82. The minimum absolute atomic E-state index is 0.153. The molecule has 2 aromatic carbocycles. The number of alkyl halides is 5. The summed E-state index contributed by atoms with van der Waals surface area (Å²) in [4.78, 5) is 11.4. The van der Waals surface area contributed by atoms with Gasteiger partial charge in [0.05, 0.1) is 10.6 Å². The van der Waals surface area contributed by atoms with Crippen LogP contribution in [0, 0.1) is 0 Å². The number of benzene rings is 2. The van der Waals surface area contributed by atoms with Crippen LogP contribution in [0.2, 0.25) is 0 Å². The minimum atomic E-state index is -4.97. The lowest BCUT2D eigenvalue weighted by molar-refractivity contribution is -0.274. The second-order valence-corrected chi connectivity index (χ2v) is 6.75. The SMILES string of the molecule is O=C(Nc1ccccc1OC(F)(F)F)c1ccc(S(=O)(=O)C(F)F)cc1. The maximum atomic E-state index is 12.5. The molecule has 2 aromatic rings. The van der Waals surface area contributed by atoms with Crippen LogP contribution in [-0.4, -0.2) is 26.4 Å². The lowest BCUT2D eigenvalue weighted by Gasteiger charge is -2.14. The van der Waals surface area contributed by atoms with E-state index >= 15 is 0 Å². The molecule has 2 rings (SSSR count). The number of hydrogen-bond acceptors (Lipinski definition) is 4. The molecule has 0 aliphatic carbocycles. The summed E-state index contributed by atoms with van der Waals surface area (Å²) in [6, 6.07) is 8.28. The summed E-state index contributed by atoms with van der Waals surface area (Å²) in [6.45, 7) is 0. The van der Waals surface area contributed by atoms with Crippen molar-refractivity contribution in [2.24, 2.45) is 0 Å². The van der Waals surface area contributed by atoms with Crippen molar-refractivity contribution in [3.05, 3.63) is 54.1 Å². The highest BCUT2D eigenvalue weighted by atomic mass is 32.2. The van der Waals surface area contributed by atoms with Crippen LogP contribution in [0.1, 0.15) is 10.4 Å². The van der Waals surface area contributed by atoms with Gasteiger partial charge < -0.3 is 10.1 Å². The normalized spacial score (nSPS) is 12.1. The molecule has 5 nitrogen and oxygen atoms in total. The molecule has 0 aliphatic heterocycles. The van der Waals surface area contributed by atoms with Gasteiger partial charge in [-0.1, -0.05) is 12.1 Å². The Labute approximate surface area is 144 Å². The highest BCUT2D eigenvalue weighted by Gasteiger charge is 2.32. The van der Waals surface area contributed by atoms with Gasteiger partial charge >= 0.3 is 12.1 Å². The van der Waals surface area contributed by atoms with Gasteiger partial charge in [0.2, 0.25) is 9.84 Å². The quantitative estimate of drug-likeness (QED) is 0.781. The van der Waals surface area contributed by atoms with Crippen LogP contribution in [0.4, 0.5) is 27.6 Å². The van der Waals surface area contributed by atoms with Gasteiger partial charge in [0.15, 0.2) is 5.75 Å². The van der Waals surface area contributed by atoms with Crippen molar-refractivity contribution < 1.29 is 39.9 Å². The molecular formula is C15H10F5NO4S. The maximum absolute atomic E-state index is 12.5. The number of hydrogen-bond donors (Lipinski definition) is 1. The van der Waals surface area contributed by atoms with E-state index in [-0.39, 0.29) is 11.3 Å². The molecular weight excluding hydrogens is 385 g/mol. The van der Waals surface area contributed by atoms with Crippen molar-refractivity contribution in [3.8, 4) is 5.75 Å². The van der Waals surface area contributed by atoms with Gasteiger partial charge in [-0.15, -0.1) is 13.2 Å². The topological polar surface area (TPSA) is 72.5 Å². The summed E-state index contributed by atoms with van der Waals surface area (Å²) in [6.07, 6.45) is -4.97. The molecule has 0 radical (unpaired) electrons. The first-order chi connectivity index (χ1) is 12.0. The zero-order chi connectivity index (χ0) is 19.5. The minimum Gasteiger partial charge on any atom is -0.404 e. The van der Waals surface area contributed by atoms with E-state index in [0.29, 0.717) is 0 Å². The Morgan fingerprint density at radius 2 is 1.58 bits per heavy atom. The smallest absolute Gasteiger partial charge is 0.404 e. The van der Waals surface area contributed by atoms with Crippen molar-refractivity contribution >= 4 is 21.4 Å². The molecule has 11 heteroatoms. The second kappa shape index (κ2) is 7.28. The molecule has 0 unspecified atom stereocenters. The number of para-hydroxylation sites is 2. The number of nitrogens with one attached hydrogen (secondary N) is 1. The molecule has 0 fully saturated rings. The Bertz CT molecular complexity index is 895. The number of sulfone groups is 1. The van der Waals surface area contributed by atoms with E-state index in [2.05, 4.69) is 10.1 Å². The Balaban J connectivity index is 2.22. The number of anilines is 1. The molecule has 1 N–H and O–H groups in total. The summed E-state index contributed by atoms with van der Waals surface area (Å²) < 4.78 is 88.4. The number of amides is 1. The summed E-state index contributed by atoms with van der Waals surface area (Å²) >= 11 is 0. The van der Waals surface area contributed by atoms with Gasteiger partial charge in [0, 0.05) is 5.56 Å². The van der Waals surface area contributed by atoms with Crippen LogP contribution in [0.15, 0.2) is 53.4 Å². The van der Waals surface area contributed by atoms with Gasteiger partial charge in [0.1, 0.15) is 0 Å². The number of carbonyl (C=O) groups excluding carboxylic acids is 1. The van der Waals surface area contributed by atoms with E-state index in [4.69, 9.17) is 0 Å². The zero-order valence-corrected chi connectivity index (χ0v) is 13.4. The van der Waals surface area contributed by atoms with Crippen molar-refractivity contribution in [1.82, 2.24) is 0 Å². The van der Waals surface area contributed by atoms with E-state index < -0.39 is 38.5 Å². The largest absolute Gasteiger partial charge is 0.573 e. The fourth-order valence-corrected chi connectivity index (χ4v) is 2.60. The molecule has 0 spiro atoms. The van der Waals surface area contributed by atoms with Crippen LogP contribution >= 0.6 is 0 Å². The van der Waals surface area contributed by atoms with Crippen molar-refractivity contribution in [1.29, 1.82) is 0 Å². The summed E-state index contributed by atoms with van der Waals surface area (Å²) in [5, 5.41) is 2.17. The third kappa shape index (κ3) is 4.69. The molecule has 26 heavy (non-hydrogen) atoms. The van der Waals surface area contributed by atoms with Crippen LogP contribution in [0.25, 0.3) is 0 Å². The van der Waals surface area contributed by atoms with Crippen LogP contribution in [-0.2, 0) is 9.84 Å². The Kier molecular flexibility index (Phi) is 5.50. The molecule has 1 amide bonds. The first kappa shape index (κ1) is 19.6. The number of halogens is 5. The average molecular weight is 395 g/mol. The van der Waals surface area contributed by atoms with Gasteiger partial charge in [-0.25, -0.2) is 8.42 Å². The van der Waals surface area contributed by atoms with Gasteiger partial charge in [-0.2, -0.15) is 8.78 Å². The van der Waals surface area contributed by atoms with E-state index in [0.717, 1.165) is 36.4 Å². The number of carbonyl (C=O) groups is 1. The van der Waals surface area contributed by atoms with Crippen molar-refractivity contribution in [2.75, 3.05) is 5.32 Å². The summed E-state index contributed by atoms with van der Waals surface area (Å²) in [5.41, 5.74) is -0.431. The second-order valence-electron chi connectivity index (χ2n) is 4.83. The molecule has 0 saturated carbocycles. The predicted octanol–water partition coefficient (Wildman–Crippen LogP) is 3.83. The van der Waals surface area contributed by atoms with E-state index in [1.54, 1.807) is 0 Å². The third-order valence-corrected chi connectivity index (χ3v) is 4.44. The lowest BCUT2D eigenvalue weighted by atomic mass is 10.2. The lowest BCUT2D eigenvalue weighted by Crippen LogP contribution is -2.19. The average Bonchev–Trinajstić information content (AvgIpc) is 2.55. The molecule has 140 valence electrons. The molecule has 0 atom stereocenters. The first-order valence-corrected chi connectivity index (χ1v) is 8.33. The third-order valence-electron chi connectivity index (χ3n) is 3.04. The molecule has 0 heterocycles. The van der Waals surface area contributed by atoms with Crippen LogP contribution in [0.3, 0.4) is 0 Å². The van der Waals surface area contributed by atoms with E-state index in [1.807, 2.05) is 0 Å². The monoisotopic (exact) mass is 395 g/mol. The Morgan fingerprint density at radius 1 is 1.00 bits per heavy atom. The molecule has 0 aliphatic rings. The Morgan fingerprint density at radius 3 is 2.12 bits per heavy atom. The standard InChI is InChI=1S/C15H10F5NO4S/c16-14(17)26(23,24)10-7-5-9(6-8-10)13(22)21-11-3-1-2-4-12(11)25-15(18,19)20/h1-8,14H,(H,21,22). The van der Waals surface area contributed by atoms with Crippen molar-refractivity contribution in [3.63, 3.8) is 0 Å². The first-order valence-electron chi connectivity index (χ1n) is 6.79. The fraction of sp³-hybridized carbons (Fsp3) is 0.133. The molecule has 0 bridgehead atoms. The fourth-order valence-electron chi connectivity index (χ4n) is 1.88.